The van der Waals surface area contributed by atoms with E-state index in [9.17, 15) is 10.0 Å². The molecule has 0 bridgehead atoms. The number of halogens is 1. The Balaban J connectivity index is 2.10. The molecule has 0 unspecified atom stereocenters. The zero-order valence-corrected chi connectivity index (χ0v) is 12.7. The van der Waals surface area contributed by atoms with Gasteiger partial charge in [-0.1, -0.05) is 41.9 Å². The number of hydrogen-bond donors (Lipinski definition) is 1. The van der Waals surface area contributed by atoms with Crippen molar-refractivity contribution in [2.75, 3.05) is 0 Å². The molecule has 0 amide bonds. The average molecular weight is 329 g/mol. The van der Waals surface area contributed by atoms with Gasteiger partial charge in [-0.25, -0.2) is 4.98 Å². The summed E-state index contributed by atoms with van der Waals surface area (Å²) < 4.78 is 1.55. The summed E-state index contributed by atoms with van der Waals surface area (Å²) >= 11 is 7.81. The van der Waals surface area contributed by atoms with Crippen LogP contribution in [0.3, 0.4) is 0 Å². The van der Waals surface area contributed by atoms with Crippen LogP contribution in [0, 0.1) is 0 Å². The smallest absolute Gasteiger partial charge is 0.294 e. The highest BCUT2D eigenvalue weighted by Gasteiger charge is 2.18. The van der Waals surface area contributed by atoms with Crippen LogP contribution in [0.2, 0.25) is 5.02 Å². The fourth-order valence-electron chi connectivity index (χ4n) is 2.43. The van der Waals surface area contributed by atoms with Crippen molar-refractivity contribution in [1.82, 2.24) is 9.71 Å². The second kappa shape index (κ2) is 4.83. The van der Waals surface area contributed by atoms with Gasteiger partial charge in [-0.05, 0) is 18.2 Å². The average Bonchev–Trinajstić information content (AvgIpc) is 2.88. The molecule has 4 aromatic rings. The van der Waals surface area contributed by atoms with Crippen molar-refractivity contribution in [2.45, 2.75) is 0 Å². The van der Waals surface area contributed by atoms with Gasteiger partial charge in [0.15, 0.2) is 5.82 Å². The van der Waals surface area contributed by atoms with Crippen molar-refractivity contribution in [2.24, 2.45) is 0 Å². The Morgan fingerprint density at radius 2 is 1.73 bits per heavy atom. The van der Waals surface area contributed by atoms with Gasteiger partial charge in [0, 0.05) is 10.1 Å². The zero-order chi connectivity index (χ0) is 15.3. The van der Waals surface area contributed by atoms with E-state index in [0.29, 0.717) is 25.5 Å². The molecule has 4 nitrogen and oxygen atoms in total. The molecular weight excluding hydrogens is 320 g/mol. The molecule has 1 N–H and O–H groups in total. The van der Waals surface area contributed by atoms with Gasteiger partial charge in [-0.2, -0.15) is 0 Å². The van der Waals surface area contributed by atoms with E-state index in [-0.39, 0.29) is 5.82 Å². The first kappa shape index (κ1) is 13.3. The second-order valence-corrected chi connectivity index (χ2v) is 6.24. The van der Waals surface area contributed by atoms with Crippen LogP contribution >= 0.6 is 22.9 Å². The Morgan fingerprint density at radius 3 is 2.50 bits per heavy atom. The molecule has 2 aromatic heterocycles. The predicted octanol–water partition coefficient (Wildman–Crippen LogP) is 4.17. The molecule has 6 heteroatoms. The maximum atomic E-state index is 12.3. The molecule has 0 spiro atoms. The molecule has 0 aliphatic heterocycles. The summed E-state index contributed by atoms with van der Waals surface area (Å²) in [6.07, 6.45) is 0. The number of para-hydroxylation sites is 1. The van der Waals surface area contributed by atoms with E-state index in [1.54, 1.807) is 24.3 Å². The number of hydrogen-bond acceptors (Lipinski definition) is 4. The Kier molecular flexibility index (Phi) is 2.92. The normalized spacial score (nSPS) is 11.3. The largest absolute Gasteiger partial charge is 0.423 e. The van der Waals surface area contributed by atoms with Crippen LogP contribution in [0.15, 0.2) is 53.3 Å². The third kappa shape index (κ3) is 1.83. The fraction of sp³-hybridized carbons (Fsp3) is 0. The van der Waals surface area contributed by atoms with Gasteiger partial charge in [0.25, 0.3) is 5.56 Å². The van der Waals surface area contributed by atoms with E-state index in [2.05, 4.69) is 4.98 Å². The molecule has 2 aromatic carbocycles. The number of nitrogens with zero attached hydrogens (tertiary/aromatic N) is 2. The lowest BCUT2D eigenvalue weighted by Gasteiger charge is -2.06. The third-order valence-electron chi connectivity index (χ3n) is 3.49. The number of rotatable bonds is 1. The van der Waals surface area contributed by atoms with Crippen LogP contribution in [0.25, 0.3) is 31.7 Å². The highest BCUT2D eigenvalue weighted by atomic mass is 35.5. The van der Waals surface area contributed by atoms with Crippen LogP contribution in [-0.4, -0.2) is 14.9 Å². The molecular formula is C16H9ClN2O2S. The molecule has 0 aliphatic rings. The van der Waals surface area contributed by atoms with Gasteiger partial charge in [0.2, 0.25) is 0 Å². The summed E-state index contributed by atoms with van der Waals surface area (Å²) in [5.41, 5.74) is 0.0236. The lowest BCUT2D eigenvalue weighted by molar-refractivity contribution is 0.179. The van der Waals surface area contributed by atoms with Crippen molar-refractivity contribution < 1.29 is 5.21 Å². The quantitative estimate of drug-likeness (QED) is 0.533. The minimum atomic E-state index is -0.505. The summed E-state index contributed by atoms with van der Waals surface area (Å²) in [6, 6.07) is 14.6. The van der Waals surface area contributed by atoms with E-state index < -0.39 is 5.56 Å². The Labute approximate surface area is 133 Å². The first-order chi connectivity index (χ1) is 10.7. The van der Waals surface area contributed by atoms with E-state index >= 15 is 0 Å². The van der Waals surface area contributed by atoms with E-state index in [4.69, 9.17) is 11.6 Å². The van der Waals surface area contributed by atoms with Crippen molar-refractivity contribution in [3.63, 3.8) is 0 Å². The van der Waals surface area contributed by atoms with Crippen LogP contribution < -0.4 is 5.56 Å². The van der Waals surface area contributed by atoms with Crippen molar-refractivity contribution in [3.05, 3.63) is 63.9 Å². The van der Waals surface area contributed by atoms with Gasteiger partial charge in [-0.3, -0.25) is 4.79 Å². The Bertz CT molecular complexity index is 1080. The Morgan fingerprint density at radius 1 is 1.05 bits per heavy atom. The first-order valence-corrected chi connectivity index (χ1v) is 7.74. The summed E-state index contributed by atoms with van der Waals surface area (Å²) in [7, 11) is 0. The van der Waals surface area contributed by atoms with Crippen molar-refractivity contribution >= 4 is 43.9 Å². The summed E-state index contributed by atoms with van der Waals surface area (Å²) in [6.45, 7) is 0. The van der Waals surface area contributed by atoms with Crippen LogP contribution in [0.1, 0.15) is 0 Å². The van der Waals surface area contributed by atoms with Gasteiger partial charge in [-0.15, -0.1) is 16.1 Å². The van der Waals surface area contributed by atoms with Crippen LogP contribution in [0.4, 0.5) is 0 Å². The van der Waals surface area contributed by atoms with Crippen LogP contribution in [-0.2, 0) is 0 Å². The molecule has 4 rings (SSSR count). The monoisotopic (exact) mass is 328 g/mol. The zero-order valence-electron chi connectivity index (χ0n) is 11.2. The van der Waals surface area contributed by atoms with Gasteiger partial charge < -0.3 is 5.21 Å². The SMILES string of the molecule is O=c1c2ccccc2nc(-c2sc3ccccc3c2Cl)n1O. The van der Waals surface area contributed by atoms with E-state index in [1.807, 2.05) is 24.3 Å². The summed E-state index contributed by atoms with van der Waals surface area (Å²) in [5.74, 6) is 0.162. The molecule has 0 saturated heterocycles. The topological polar surface area (TPSA) is 55.1 Å². The minimum Gasteiger partial charge on any atom is -0.423 e. The number of aromatic nitrogens is 2. The van der Waals surface area contributed by atoms with E-state index in [1.165, 1.54) is 11.3 Å². The van der Waals surface area contributed by atoms with Gasteiger partial charge >= 0.3 is 0 Å². The van der Waals surface area contributed by atoms with Gasteiger partial charge in [0.1, 0.15) is 0 Å². The highest BCUT2D eigenvalue weighted by Crippen LogP contribution is 2.40. The molecule has 0 aliphatic carbocycles. The van der Waals surface area contributed by atoms with Crippen molar-refractivity contribution in [1.29, 1.82) is 0 Å². The lowest BCUT2D eigenvalue weighted by atomic mass is 10.2. The maximum absolute atomic E-state index is 12.3. The summed E-state index contributed by atoms with van der Waals surface area (Å²) in [5, 5.41) is 11.9. The molecule has 0 radical (unpaired) electrons. The highest BCUT2D eigenvalue weighted by molar-refractivity contribution is 7.23. The molecule has 0 saturated carbocycles. The number of thiophene rings is 1. The molecule has 0 fully saturated rings. The molecule has 0 atom stereocenters. The van der Waals surface area contributed by atoms with Crippen molar-refractivity contribution in [3.8, 4) is 10.7 Å². The fourth-order valence-corrected chi connectivity index (χ4v) is 3.92. The number of fused-ring (bicyclic) bond motifs is 2. The molecule has 108 valence electrons. The maximum Gasteiger partial charge on any atom is 0.294 e. The first-order valence-electron chi connectivity index (χ1n) is 6.55. The lowest BCUT2D eigenvalue weighted by Crippen LogP contribution is -2.20. The Hall–Kier alpha value is -2.37. The standard InChI is InChI=1S/C16H9ClN2O2S/c17-13-10-6-2-4-8-12(10)22-14(13)15-18-11-7-3-1-5-9(11)16(20)19(15)21/h1-8,21H. The summed E-state index contributed by atoms with van der Waals surface area (Å²) in [4.78, 5) is 17.3. The predicted molar refractivity (Wildman–Crippen MR) is 89.0 cm³/mol. The second-order valence-electron chi connectivity index (χ2n) is 4.81. The third-order valence-corrected chi connectivity index (χ3v) is 5.16. The van der Waals surface area contributed by atoms with E-state index in [0.717, 1.165) is 10.1 Å². The molecule has 22 heavy (non-hydrogen) atoms. The van der Waals surface area contributed by atoms with Crippen LogP contribution in [0.5, 0.6) is 0 Å². The molecule has 2 heterocycles. The number of benzene rings is 2. The van der Waals surface area contributed by atoms with Gasteiger partial charge in [0.05, 0.1) is 20.8 Å². The minimum absolute atomic E-state index is 0.162.